The lowest BCUT2D eigenvalue weighted by Gasteiger charge is -2.59. The molecule has 10 rings (SSSR count). The van der Waals surface area contributed by atoms with Crippen molar-refractivity contribution in [2.45, 2.75) is 247 Å². The molecule has 4 aliphatic carbocycles. The van der Waals surface area contributed by atoms with E-state index >= 15 is 0 Å². The second-order valence-electron chi connectivity index (χ2n) is 23.8. The number of hydrogen-bond acceptors (Lipinski definition) is 20. The van der Waals surface area contributed by atoms with Gasteiger partial charge in [-0.2, -0.15) is 0 Å². The molecule has 0 amide bonds. The summed E-state index contributed by atoms with van der Waals surface area (Å²) in [6.07, 6.45) is -19.0. The van der Waals surface area contributed by atoms with E-state index < -0.39 is 141 Å². The maximum Gasteiger partial charge on any atom is 0.187 e. The summed E-state index contributed by atoms with van der Waals surface area (Å²) in [6.45, 7) is 14.1. The van der Waals surface area contributed by atoms with Gasteiger partial charge in [0.1, 0.15) is 79.4 Å². The lowest BCUT2D eigenvalue weighted by Crippen LogP contribution is -2.67. The van der Waals surface area contributed by atoms with Gasteiger partial charge in [0, 0.05) is 12.3 Å². The SMILES string of the molecule is C[C@@H]1CC[C@]2(OC1)O[C@H]1C[C@H]3[C@@H]4CC=C5C[C@@H](O[C@@H]6O[C@H](CO)[C@@H](O[C@@H]7O[C@@H](C)[C@H](O[C@@H]8O[C@@H](C)[C@H](O)[C@@H](O)[C@H]8O)[C@@H](O)[C@H]7O)[C@H](O)[C@H]6O[C@@H]6O[C@@H](C)[C@H](O)[C@@H](O)[C@H]6O)CC[C@]5(C)[C@@H]4CC[C@@]3(C)[C@H]1[C@@H]2C. The van der Waals surface area contributed by atoms with E-state index in [9.17, 15) is 51.1 Å². The van der Waals surface area contributed by atoms with Gasteiger partial charge in [0.15, 0.2) is 30.9 Å². The number of hydrogen-bond donors (Lipinski definition) is 10. The Morgan fingerprint density at radius 3 is 1.82 bits per heavy atom. The lowest BCUT2D eigenvalue weighted by atomic mass is 9.47. The third-order valence-corrected chi connectivity index (χ3v) is 19.7. The molecular formula is C51H82O20. The van der Waals surface area contributed by atoms with Crippen molar-refractivity contribution >= 4 is 0 Å². The normalized spacial score (nSPS) is 58.4. The molecule has 6 heterocycles. The molecule has 10 N–H and O–H groups in total. The van der Waals surface area contributed by atoms with Crippen molar-refractivity contribution in [1.82, 2.24) is 0 Å². The van der Waals surface area contributed by atoms with Crippen molar-refractivity contribution < 1.29 is 98.4 Å². The van der Waals surface area contributed by atoms with E-state index in [1.807, 2.05) is 0 Å². The third-order valence-electron chi connectivity index (χ3n) is 19.7. The molecule has 31 atom stereocenters. The molecule has 20 nitrogen and oxygen atoms in total. The summed E-state index contributed by atoms with van der Waals surface area (Å²) in [6, 6.07) is 0. The first-order valence-corrected chi connectivity index (χ1v) is 26.6. The minimum atomic E-state index is -1.85. The maximum atomic E-state index is 12.2. The molecule has 20 heteroatoms. The average molecular weight is 1020 g/mol. The fourth-order valence-electron chi connectivity index (χ4n) is 15.4. The van der Waals surface area contributed by atoms with Crippen LogP contribution in [0.4, 0.5) is 0 Å². The van der Waals surface area contributed by atoms with Gasteiger partial charge in [-0.3, -0.25) is 0 Å². The number of fused-ring (bicyclic) bond motifs is 7. The van der Waals surface area contributed by atoms with Gasteiger partial charge in [-0.05, 0) is 113 Å². The molecule has 1 spiro atoms. The third kappa shape index (κ3) is 9.03. The number of allylic oxidation sites excluding steroid dienone is 1. The van der Waals surface area contributed by atoms with Gasteiger partial charge in [-0.25, -0.2) is 0 Å². The number of rotatable bonds is 9. The van der Waals surface area contributed by atoms with Gasteiger partial charge in [0.2, 0.25) is 0 Å². The van der Waals surface area contributed by atoms with Crippen LogP contribution in [-0.2, 0) is 47.4 Å². The smallest absolute Gasteiger partial charge is 0.187 e. The average Bonchev–Trinajstić information content (AvgIpc) is 3.79. The van der Waals surface area contributed by atoms with E-state index in [2.05, 4.69) is 33.8 Å². The number of ether oxygens (including phenoxy) is 10. The number of aliphatic hydroxyl groups excluding tert-OH is 10. The first-order valence-electron chi connectivity index (χ1n) is 26.6. The lowest BCUT2D eigenvalue weighted by molar-refractivity contribution is -0.394. The van der Waals surface area contributed by atoms with Crippen LogP contribution in [0.3, 0.4) is 0 Å². The zero-order valence-electron chi connectivity index (χ0n) is 42.1. The minimum Gasteiger partial charge on any atom is -0.394 e. The minimum absolute atomic E-state index is 0.0569. The Labute approximate surface area is 415 Å². The molecule has 6 saturated heterocycles. The second-order valence-corrected chi connectivity index (χ2v) is 23.8. The Morgan fingerprint density at radius 1 is 0.592 bits per heavy atom. The fraction of sp³-hybridized carbons (Fsp3) is 0.961. The molecule has 0 bridgehead atoms. The van der Waals surface area contributed by atoms with Gasteiger partial charge in [0.25, 0.3) is 0 Å². The van der Waals surface area contributed by atoms with Gasteiger partial charge in [0.05, 0.1) is 43.7 Å². The predicted molar refractivity (Wildman–Crippen MR) is 244 cm³/mol. The highest BCUT2D eigenvalue weighted by atomic mass is 16.8. The van der Waals surface area contributed by atoms with Crippen LogP contribution in [0.2, 0.25) is 0 Å². The molecule has 406 valence electrons. The first-order chi connectivity index (χ1) is 33.6. The largest absolute Gasteiger partial charge is 0.394 e. The Hall–Kier alpha value is -1.06. The van der Waals surface area contributed by atoms with E-state index in [0.717, 1.165) is 51.6 Å². The molecule has 0 aromatic rings. The predicted octanol–water partition coefficient (Wildman–Crippen LogP) is 0.0935. The van der Waals surface area contributed by atoms with Crippen LogP contribution in [0.25, 0.3) is 0 Å². The molecule has 0 aromatic heterocycles. The Kier molecular flexibility index (Phi) is 15.1. The van der Waals surface area contributed by atoms with E-state index in [1.54, 1.807) is 0 Å². The van der Waals surface area contributed by atoms with Gasteiger partial charge < -0.3 is 98.4 Å². The standard InChI is InChI=1S/C51H82O20/c1-20-10-15-51(62-19-20)21(2)32-30(71-51)17-29-27-9-8-25-16-26(11-13-49(25,6)28(27)12-14-50(29,32)7)66-48-44(70-46-39(59)36(56)34(54)23(4)64-46)41(61)43(31(18-52)67-48)69-47-40(60)37(57)42(24(5)65-47)68-45-38(58)35(55)33(53)22(3)63-45/h8,20-24,26-48,52-61H,9-19H2,1-7H3/t20-,21+,22+,23+,24+,26+,27-,28-,29+,30+,31-,32+,33+,34+,35-,36-,37+,38-,39-,40-,41+,42+,43-,44-,45+,46+,47+,48-,49+,50-,51+/m1/s1. The van der Waals surface area contributed by atoms with Crippen LogP contribution in [0, 0.1) is 46.3 Å². The highest BCUT2D eigenvalue weighted by Crippen LogP contribution is 2.71. The van der Waals surface area contributed by atoms with E-state index in [4.69, 9.17) is 47.4 Å². The van der Waals surface area contributed by atoms with Crippen LogP contribution < -0.4 is 0 Å². The number of aliphatic hydroxyl groups is 10. The summed E-state index contributed by atoms with van der Waals surface area (Å²) in [5.41, 5.74) is 1.44. The first kappa shape index (κ1) is 53.3. The van der Waals surface area contributed by atoms with Crippen LogP contribution in [0.15, 0.2) is 11.6 Å². The summed E-state index contributed by atoms with van der Waals surface area (Å²) in [5, 5.41) is 109. The van der Waals surface area contributed by atoms with Crippen molar-refractivity contribution in [3.63, 3.8) is 0 Å². The molecule has 10 aliphatic rings. The van der Waals surface area contributed by atoms with Crippen molar-refractivity contribution in [1.29, 1.82) is 0 Å². The summed E-state index contributed by atoms with van der Waals surface area (Å²) in [7, 11) is 0. The van der Waals surface area contributed by atoms with E-state index in [-0.39, 0.29) is 16.9 Å². The summed E-state index contributed by atoms with van der Waals surface area (Å²) >= 11 is 0. The molecule has 6 aliphatic heterocycles. The van der Waals surface area contributed by atoms with E-state index in [0.29, 0.717) is 48.3 Å². The molecule has 9 fully saturated rings. The van der Waals surface area contributed by atoms with Gasteiger partial charge >= 0.3 is 0 Å². The van der Waals surface area contributed by atoms with Gasteiger partial charge in [-0.1, -0.05) is 39.3 Å². The van der Waals surface area contributed by atoms with E-state index in [1.165, 1.54) is 26.3 Å². The zero-order valence-corrected chi connectivity index (χ0v) is 42.1. The Morgan fingerprint density at radius 2 is 1.20 bits per heavy atom. The maximum absolute atomic E-state index is 12.2. The fourth-order valence-corrected chi connectivity index (χ4v) is 15.4. The zero-order chi connectivity index (χ0) is 50.8. The van der Waals surface area contributed by atoms with Gasteiger partial charge in [-0.15, -0.1) is 0 Å². The quantitative estimate of drug-likeness (QED) is 0.137. The molecular weight excluding hydrogens is 933 g/mol. The monoisotopic (exact) mass is 1010 g/mol. The summed E-state index contributed by atoms with van der Waals surface area (Å²) < 4.78 is 62.2. The molecule has 71 heavy (non-hydrogen) atoms. The Balaban J connectivity index is 0.836. The van der Waals surface area contributed by atoms with Crippen LogP contribution in [0.1, 0.15) is 106 Å². The summed E-state index contributed by atoms with van der Waals surface area (Å²) in [4.78, 5) is 0. The van der Waals surface area contributed by atoms with Crippen molar-refractivity contribution in [3.8, 4) is 0 Å². The van der Waals surface area contributed by atoms with Crippen molar-refractivity contribution in [3.05, 3.63) is 11.6 Å². The highest BCUT2D eigenvalue weighted by molar-refractivity contribution is 5.26. The van der Waals surface area contributed by atoms with Crippen LogP contribution in [-0.4, -0.2) is 205 Å². The summed E-state index contributed by atoms with van der Waals surface area (Å²) in [5.74, 6) is 2.46. The van der Waals surface area contributed by atoms with Crippen molar-refractivity contribution in [2.75, 3.05) is 13.2 Å². The molecule has 0 aromatic carbocycles. The highest BCUT2D eigenvalue weighted by Gasteiger charge is 2.69. The topological polar surface area (TPSA) is 295 Å². The Bertz CT molecular complexity index is 1890. The second kappa shape index (κ2) is 20.1. The molecule has 0 radical (unpaired) electrons. The molecule has 3 saturated carbocycles. The van der Waals surface area contributed by atoms with Crippen LogP contribution in [0.5, 0.6) is 0 Å². The van der Waals surface area contributed by atoms with Crippen LogP contribution >= 0.6 is 0 Å². The molecule has 0 unspecified atom stereocenters. The van der Waals surface area contributed by atoms with Crippen molar-refractivity contribution in [2.24, 2.45) is 46.3 Å².